The molecule has 0 fully saturated rings. The number of nitriles is 1. The molecule has 0 radical (unpaired) electrons. The molecule has 1 rings (SSSR count). The van der Waals surface area contributed by atoms with E-state index in [-0.39, 0.29) is 18.2 Å². The number of benzene rings is 1. The first kappa shape index (κ1) is 14.6. The van der Waals surface area contributed by atoms with Crippen molar-refractivity contribution in [3.05, 3.63) is 35.4 Å². The van der Waals surface area contributed by atoms with E-state index in [9.17, 15) is 13.9 Å². The minimum atomic E-state index is -1.04. The zero-order valence-electron chi connectivity index (χ0n) is 10.4. The number of likely N-dealkylation sites (N-methyl/N-ethyl adjacent to an activating group) is 1. The zero-order valence-corrected chi connectivity index (χ0v) is 10.4. The SMILES string of the molecule is CC(CC#N)N(C)CC(O)c1ccc(F)cc1F. The van der Waals surface area contributed by atoms with Gasteiger partial charge in [0.25, 0.3) is 0 Å². The van der Waals surface area contributed by atoms with Gasteiger partial charge < -0.3 is 5.11 Å². The van der Waals surface area contributed by atoms with Crippen LogP contribution in [-0.4, -0.2) is 29.6 Å². The predicted molar refractivity (Wildman–Crippen MR) is 63.6 cm³/mol. The van der Waals surface area contributed by atoms with Gasteiger partial charge in [-0.25, -0.2) is 8.78 Å². The number of nitrogens with zero attached hydrogens (tertiary/aromatic N) is 2. The molecule has 0 aromatic heterocycles. The van der Waals surface area contributed by atoms with Crippen LogP contribution in [0.5, 0.6) is 0 Å². The summed E-state index contributed by atoms with van der Waals surface area (Å²) in [5, 5.41) is 18.5. The smallest absolute Gasteiger partial charge is 0.131 e. The molecule has 98 valence electrons. The summed E-state index contributed by atoms with van der Waals surface area (Å²) in [6.07, 6.45) is -0.716. The van der Waals surface area contributed by atoms with Crippen LogP contribution in [0.25, 0.3) is 0 Å². The molecule has 2 unspecified atom stereocenters. The van der Waals surface area contributed by atoms with E-state index in [1.807, 2.05) is 13.0 Å². The second-order valence-electron chi connectivity index (χ2n) is 4.33. The number of aliphatic hydroxyl groups excluding tert-OH is 1. The van der Waals surface area contributed by atoms with Gasteiger partial charge in [-0.05, 0) is 20.0 Å². The topological polar surface area (TPSA) is 47.3 Å². The number of aliphatic hydroxyl groups is 1. The molecule has 0 aliphatic heterocycles. The van der Waals surface area contributed by atoms with Crippen LogP contribution in [-0.2, 0) is 0 Å². The van der Waals surface area contributed by atoms with E-state index in [1.54, 1.807) is 11.9 Å². The highest BCUT2D eigenvalue weighted by molar-refractivity contribution is 5.21. The Labute approximate surface area is 105 Å². The van der Waals surface area contributed by atoms with E-state index >= 15 is 0 Å². The highest BCUT2D eigenvalue weighted by atomic mass is 19.1. The van der Waals surface area contributed by atoms with Crippen molar-refractivity contribution < 1.29 is 13.9 Å². The molecule has 3 nitrogen and oxygen atoms in total. The van der Waals surface area contributed by atoms with E-state index in [1.165, 1.54) is 6.07 Å². The molecule has 0 heterocycles. The van der Waals surface area contributed by atoms with Crippen molar-refractivity contribution in [1.82, 2.24) is 4.90 Å². The lowest BCUT2D eigenvalue weighted by Gasteiger charge is -2.25. The Morgan fingerprint density at radius 2 is 2.11 bits per heavy atom. The van der Waals surface area contributed by atoms with Crippen molar-refractivity contribution >= 4 is 0 Å². The standard InChI is InChI=1S/C13H16F2N2O/c1-9(5-6-16)17(2)8-13(18)11-4-3-10(14)7-12(11)15/h3-4,7,9,13,18H,5,8H2,1-2H3. The first-order valence-corrected chi connectivity index (χ1v) is 5.66. The molecule has 1 aromatic carbocycles. The maximum atomic E-state index is 13.4. The van der Waals surface area contributed by atoms with Crippen molar-refractivity contribution in [1.29, 1.82) is 5.26 Å². The Hall–Kier alpha value is -1.51. The molecule has 0 bridgehead atoms. The highest BCUT2D eigenvalue weighted by Crippen LogP contribution is 2.19. The third kappa shape index (κ3) is 3.76. The number of hydrogen-bond acceptors (Lipinski definition) is 3. The van der Waals surface area contributed by atoms with Gasteiger partial charge >= 0.3 is 0 Å². The first-order valence-electron chi connectivity index (χ1n) is 5.66. The molecular formula is C13H16F2N2O. The summed E-state index contributed by atoms with van der Waals surface area (Å²) in [4.78, 5) is 1.76. The van der Waals surface area contributed by atoms with Gasteiger partial charge in [-0.15, -0.1) is 0 Å². The summed E-state index contributed by atoms with van der Waals surface area (Å²) in [7, 11) is 1.74. The van der Waals surface area contributed by atoms with Crippen molar-refractivity contribution in [2.75, 3.05) is 13.6 Å². The van der Waals surface area contributed by atoms with Gasteiger partial charge in [-0.2, -0.15) is 5.26 Å². The molecule has 5 heteroatoms. The molecule has 2 atom stereocenters. The van der Waals surface area contributed by atoms with Crippen LogP contribution >= 0.6 is 0 Å². The second kappa shape index (κ2) is 6.43. The molecule has 0 aliphatic rings. The lowest BCUT2D eigenvalue weighted by molar-refractivity contribution is 0.106. The molecular weight excluding hydrogens is 238 g/mol. The van der Waals surface area contributed by atoms with E-state index in [4.69, 9.17) is 5.26 Å². The van der Waals surface area contributed by atoms with Gasteiger partial charge in [0.05, 0.1) is 18.6 Å². The Bertz CT molecular complexity index is 445. The van der Waals surface area contributed by atoms with Crippen LogP contribution in [0.15, 0.2) is 18.2 Å². The molecule has 18 heavy (non-hydrogen) atoms. The van der Waals surface area contributed by atoms with Crippen molar-refractivity contribution in [3.63, 3.8) is 0 Å². The van der Waals surface area contributed by atoms with E-state index in [0.29, 0.717) is 6.42 Å². The third-order valence-electron chi connectivity index (χ3n) is 2.92. The third-order valence-corrected chi connectivity index (χ3v) is 2.92. The largest absolute Gasteiger partial charge is 0.387 e. The Morgan fingerprint density at radius 3 is 2.67 bits per heavy atom. The van der Waals surface area contributed by atoms with Crippen molar-refractivity contribution in [2.24, 2.45) is 0 Å². The highest BCUT2D eigenvalue weighted by Gasteiger charge is 2.18. The second-order valence-corrected chi connectivity index (χ2v) is 4.33. The molecule has 0 amide bonds. The van der Waals surface area contributed by atoms with Gasteiger partial charge in [0.2, 0.25) is 0 Å². The van der Waals surface area contributed by atoms with Gasteiger partial charge in [0, 0.05) is 24.2 Å². The normalized spacial score (nSPS) is 14.3. The van der Waals surface area contributed by atoms with Crippen LogP contribution in [0, 0.1) is 23.0 Å². The van der Waals surface area contributed by atoms with E-state index in [0.717, 1.165) is 12.1 Å². The van der Waals surface area contributed by atoms with Gasteiger partial charge in [0.1, 0.15) is 11.6 Å². The minimum absolute atomic E-state index is 0.0341. The lowest BCUT2D eigenvalue weighted by Crippen LogP contribution is -2.32. The molecule has 0 saturated heterocycles. The summed E-state index contributed by atoms with van der Waals surface area (Å²) in [5.74, 6) is -1.43. The fourth-order valence-electron chi connectivity index (χ4n) is 1.61. The molecule has 0 aliphatic carbocycles. The van der Waals surface area contributed by atoms with Crippen LogP contribution in [0.1, 0.15) is 25.0 Å². The Balaban J connectivity index is 2.70. The van der Waals surface area contributed by atoms with Crippen LogP contribution in [0.4, 0.5) is 8.78 Å². The molecule has 1 N–H and O–H groups in total. The summed E-state index contributed by atoms with van der Waals surface area (Å²) >= 11 is 0. The minimum Gasteiger partial charge on any atom is -0.387 e. The Kier molecular flexibility index (Phi) is 5.20. The fraction of sp³-hybridized carbons (Fsp3) is 0.462. The Morgan fingerprint density at radius 1 is 1.44 bits per heavy atom. The van der Waals surface area contributed by atoms with E-state index in [2.05, 4.69) is 0 Å². The number of hydrogen-bond donors (Lipinski definition) is 1. The predicted octanol–water partition coefficient (Wildman–Crippen LogP) is 2.23. The van der Waals surface area contributed by atoms with Gasteiger partial charge in [0.15, 0.2) is 0 Å². The average Bonchev–Trinajstić information content (AvgIpc) is 2.28. The number of rotatable bonds is 5. The zero-order chi connectivity index (χ0) is 13.7. The molecule has 0 saturated carbocycles. The van der Waals surface area contributed by atoms with Crippen LogP contribution in [0.2, 0.25) is 0 Å². The first-order chi connectivity index (χ1) is 8.45. The fourth-order valence-corrected chi connectivity index (χ4v) is 1.61. The maximum absolute atomic E-state index is 13.4. The van der Waals surface area contributed by atoms with E-state index < -0.39 is 17.7 Å². The van der Waals surface area contributed by atoms with Crippen LogP contribution < -0.4 is 0 Å². The maximum Gasteiger partial charge on any atom is 0.131 e. The van der Waals surface area contributed by atoms with Crippen molar-refractivity contribution in [3.8, 4) is 6.07 Å². The summed E-state index contributed by atoms with van der Waals surface area (Å²) in [5.41, 5.74) is 0.0624. The number of halogens is 2. The average molecular weight is 254 g/mol. The molecule has 0 spiro atoms. The summed E-state index contributed by atoms with van der Waals surface area (Å²) in [6, 6.07) is 5.09. The van der Waals surface area contributed by atoms with Crippen molar-refractivity contribution in [2.45, 2.75) is 25.5 Å². The summed E-state index contributed by atoms with van der Waals surface area (Å²) in [6.45, 7) is 2.03. The monoisotopic (exact) mass is 254 g/mol. The van der Waals surface area contributed by atoms with Gasteiger partial charge in [-0.1, -0.05) is 6.07 Å². The summed E-state index contributed by atoms with van der Waals surface area (Å²) < 4.78 is 26.2. The quantitative estimate of drug-likeness (QED) is 0.876. The van der Waals surface area contributed by atoms with Crippen LogP contribution in [0.3, 0.4) is 0 Å². The molecule has 1 aromatic rings. The van der Waals surface area contributed by atoms with Gasteiger partial charge in [-0.3, -0.25) is 4.90 Å². The lowest BCUT2D eigenvalue weighted by atomic mass is 10.1.